The van der Waals surface area contributed by atoms with Gasteiger partial charge in [0, 0.05) is 23.1 Å². The van der Waals surface area contributed by atoms with E-state index in [1.807, 2.05) is 26.2 Å². The Morgan fingerprint density at radius 3 is 2.71 bits per heavy atom. The molecule has 1 aromatic rings. The van der Waals surface area contributed by atoms with Crippen molar-refractivity contribution in [3.8, 4) is 0 Å². The molecule has 0 aromatic carbocycles. The number of amides is 1. The minimum atomic E-state index is -0.837. The molecule has 0 radical (unpaired) electrons. The molecule has 0 bridgehead atoms. The number of fused-ring (bicyclic) bond motifs is 4. The number of aliphatic hydroxyl groups is 2. The lowest BCUT2D eigenvalue weighted by Gasteiger charge is -2.49. The number of nitrogens with zero attached hydrogens (tertiary/aromatic N) is 1. The van der Waals surface area contributed by atoms with Crippen molar-refractivity contribution >= 4 is 11.6 Å². The molecule has 5 aliphatic rings. The van der Waals surface area contributed by atoms with Crippen LogP contribution in [0.1, 0.15) is 58.3 Å². The van der Waals surface area contributed by atoms with Crippen molar-refractivity contribution in [3.63, 3.8) is 0 Å². The van der Waals surface area contributed by atoms with Crippen LogP contribution in [0.2, 0.25) is 0 Å². The van der Waals surface area contributed by atoms with E-state index in [4.69, 9.17) is 0 Å². The van der Waals surface area contributed by atoms with Crippen LogP contribution in [0.5, 0.6) is 0 Å². The fraction of sp³-hybridized carbons (Fsp3) is 0.643. The zero-order valence-corrected chi connectivity index (χ0v) is 20.7. The number of hydrogen-bond acceptors (Lipinski definition) is 5. The first-order valence-electron chi connectivity index (χ1n) is 12.9. The molecule has 5 aliphatic carbocycles. The number of carbonyl (C=O) groups excluding carboxylic acids is 1. The highest BCUT2D eigenvalue weighted by atomic mass is 16.3. The van der Waals surface area contributed by atoms with Crippen molar-refractivity contribution in [3.05, 3.63) is 47.8 Å². The zero-order chi connectivity index (χ0) is 24.1. The van der Waals surface area contributed by atoms with Gasteiger partial charge in [0.15, 0.2) is 0 Å². The van der Waals surface area contributed by atoms with E-state index < -0.39 is 5.60 Å². The van der Waals surface area contributed by atoms with Gasteiger partial charge < -0.3 is 20.8 Å². The van der Waals surface area contributed by atoms with E-state index in [1.54, 1.807) is 12.4 Å². The smallest absolute Gasteiger partial charge is 0.251 e. The van der Waals surface area contributed by atoms with Crippen LogP contribution in [-0.4, -0.2) is 46.9 Å². The van der Waals surface area contributed by atoms with Gasteiger partial charge in [-0.05, 0) is 100 Å². The van der Waals surface area contributed by atoms with Gasteiger partial charge in [0.2, 0.25) is 0 Å². The highest BCUT2D eigenvalue weighted by molar-refractivity contribution is 6.05. The Kier molecular flexibility index (Phi) is 5.98. The molecule has 1 amide bonds. The number of allylic oxidation sites excluding steroid dienone is 2. The first kappa shape index (κ1) is 23.7. The number of aromatic nitrogens is 1. The molecule has 6 unspecified atom stereocenters. The SMILES string of the molecule is CC12CC=C3C4CC45CC(O)CCC5CC[C@]3(O)C1CC=C2C(=O)Nc1cccnc1.CNC. The summed E-state index contributed by atoms with van der Waals surface area (Å²) in [6, 6.07) is 3.66. The summed E-state index contributed by atoms with van der Waals surface area (Å²) in [4.78, 5) is 17.3. The molecule has 0 aliphatic heterocycles. The van der Waals surface area contributed by atoms with Gasteiger partial charge in [0.25, 0.3) is 5.91 Å². The lowest BCUT2D eigenvalue weighted by molar-refractivity contribution is -0.115. The molecule has 3 fully saturated rings. The van der Waals surface area contributed by atoms with Gasteiger partial charge in [-0.15, -0.1) is 0 Å². The fourth-order valence-corrected chi connectivity index (χ4v) is 7.97. The van der Waals surface area contributed by atoms with E-state index >= 15 is 0 Å². The van der Waals surface area contributed by atoms with E-state index in [-0.39, 0.29) is 28.8 Å². The average molecular weight is 466 g/mol. The van der Waals surface area contributed by atoms with Crippen LogP contribution in [-0.2, 0) is 4.79 Å². The van der Waals surface area contributed by atoms with Crippen molar-refractivity contribution in [2.24, 2.45) is 28.6 Å². The van der Waals surface area contributed by atoms with Gasteiger partial charge in [-0.1, -0.05) is 19.1 Å². The zero-order valence-electron chi connectivity index (χ0n) is 20.7. The number of anilines is 1. The van der Waals surface area contributed by atoms with Gasteiger partial charge in [0.05, 0.1) is 23.6 Å². The number of pyridine rings is 1. The first-order chi connectivity index (χ1) is 16.3. The Hall–Kier alpha value is -2.02. The summed E-state index contributed by atoms with van der Waals surface area (Å²) < 4.78 is 0. The minimum Gasteiger partial charge on any atom is -0.393 e. The van der Waals surface area contributed by atoms with Crippen molar-refractivity contribution in [2.45, 2.75) is 70.0 Å². The monoisotopic (exact) mass is 465 g/mol. The van der Waals surface area contributed by atoms with Crippen LogP contribution < -0.4 is 10.6 Å². The van der Waals surface area contributed by atoms with E-state index in [9.17, 15) is 15.0 Å². The maximum atomic E-state index is 13.2. The van der Waals surface area contributed by atoms with Crippen molar-refractivity contribution in [1.82, 2.24) is 10.3 Å². The molecule has 1 aromatic heterocycles. The minimum absolute atomic E-state index is 0.0392. The van der Waals surface area contributed by atoms with Crippen LogP contribution in [0.25, 0.3) is 0 Å². The molecular formula is C28H39N3O3. The second kappa shape index (κ2) is 8.58. The number of hydrogen-bond donors (Lipinski definition) is 4. The maximum Gasteiger partial charge on any atom is 0.251 e. The molecule has 7 atom stereocenters. The van der Waals surface area contributed by atoms with Crippen molar-refractivity contribution in [1.29, 1.82) is 0 Å². The summed E-state index contributed by atoms with van der Waals surface area (Å²) >= 11 is 0. The van der Waals surface area contributed by atoms with E-state index in [0.29, 0.717) is 17.5 Å². The lowest BCUT2D eigenvalue weighted by Crippen LogP contribution is -2.50. The first-order valence-corrected chi connectivity index (χ1v) is 12.9. The highest BCUT2D eigenvalue weighted by Crippen LogP contribution is 2.73. The second-order valence-corrected chi connectivity index (χ2v) is 11.5. The van der Waals surface area contributed by atoms with Gasteiger partial charge >= 0.3 is 0 Å². The van der Waals surface area contributed by atoms with Crippen molar-refractivity contribution < 1.29 is 15.0 Å². The van der Waals surface area contributed by atoms with E-state index in [1.165, 1.54) is 5.57 Å². The Labute approximate surface area is 202 Å². The summed E-state index contributed by atoms with van der Waals surface area (Å²) in [7, 11) is 3.75. The topological polar surface area (TPSA) is 94.5 Å². The molecular weight excluding hydrogens is 426 g/mol. The molecule has 0 saturated heterocycles. The maximum absolute atomic E-state index is 13.2. The summed E-state index contributed by atoms with van der Waals surface area (Å²) in [6.45, 7) is 2.16. The van der Waals surface area contributed by atoms with Crippen LogP contribution >= 0.6 is 0 Å². The van der Waals surface area contributed by atoms with Crippen LogP contribution in [0.15, 0.2) is 47.8 Å². The molecule has 6 heteroatoms. The predicted octanol–water partition coefficient (Wildman–Crippen LogP) is 3.83. The summed E-state index contributed by atoms with van der Waals surface area (Å²) in [5.41, 5.74) is 1.75. The predicted molar refractivity (Wildman–Crippen MR) is 133 cm³/mol. The number of carbonyl (C=O) groups is 1. The largest absolute Gasteiger partial charge is 0.393 e. The molecule has 184 valence electrons. The van der Waals surface area contributed by atoms with Crippen LogP contribution in [0.3, 0.4) is 0 Å². The number of nitrogens with one attached hydrogen (secondary N) is 2. The standard InChI is InChI=1S/C26H32N2O3.C2H7N/c1-24-10-9-19-21-14-25(21)13-18(29)5-4-16(25)8-11-26(19,31)22(24)7-6-20(24)23(30)28-17-3-2-12-27-15-17;1-3-2/h2-3,6,9,12,15-16,18,21-22,29,31H,4-5,7-8,10-11,13-14H2,1H3,(H,28,30);3H,1-2H3/t16?,18?,21?,22?,24?,25?,26-;/m1./s1. The Morgan fingerprint density at radius 2 is 1.97 bits per heavy atom. The van der Waals surface area contributed by atoms with Crippen LogP contribution in [0.4, 0.5) is 5.69 Å². The fourth-order valence-electron chi connectivity index (χ4n) is 7.97. The Bertz CT molecular complexity index is 1010. The van der Waals surface area contributed by atoms with Crippen LogP contribution in [0, 0.1) is 28.6 Å². The third kappa shape index (κ3) is 3.57. The molecule has 6 rings (SSSR count). The lowest BCUT2D eigenvalue weighted by atomic mass is 9.58. The average Bonchev–Trinajstić information content (AvgIpc) is 3.37. The quantitative estimate of drug-likeness (QED) is 0.498. The molecule has 6 nitrogen and oxygen atoms in total. The molecule has 1 spiro atoms. The number of aliphatic hydroxyl groups excluding tert-OH is 1. The van der Waals surface area contributed by atoms with E-state index in [2.05, 4.69) is 34.7 Å². The summed E-state index contributed by atoms with van der Waals surface area (Å²) in [5, 5.41) is 28.3. The van der Waals surface area contributed by atoms with E-state index in [0.717, 1.165) is 56.9 Å². The normalized spacial score (nSPS) is 41.7. The summed E-state index contributed by atoms with van der Waals surface area (Å²) in [6.07, 6.45) is 14.9. The third-order valence-electron chi connectivity index (χ3n) is 9.57. The Balaban J connectivity index is 0.000000764. The molecule has 4 N–H and O–H groups in total. The third-order valence-corrected chi connectivity index (χ3v) is 9.57. The molecule has 3 saturated carbocycles. The Morgan fingerprint density at radius 1 is 1.18 bits per heavy atom. The number of rotatable bonds is 2. The van der Waals surface area contributed by atoms with Gasteiger partial charge in [-0.25, -0.2) is 0 Å². The van der Waals surface area contributed by atoms with Gasteiger partial charge in [-0.2, -0.15) is 0 Å². The van der Waals surface area contributed by atoms with Gasteiger partial charge in [-0.3, -0.25) is 9.78 Å². The van der Waals surface area contributed by atoms with Gasteiger partial charge in [0.1, 0.15) is 0 Å². The highest BCUT2D eigenvalue weighted by Gasteiger charge is 2.69. The molecule has 34 heavy (non-hydrogen) atoms. The van der Waals surface area contributed by atoms with Crippen molar-refractivity contribution in [2.75, 3.05) is 19.4 Å². The molecule has 1 heterocycles. The summed E-state index contributed by atoms with van der Waals surface area (Å²) in [5.74, 6) is 0.993. The second-order valence-electron chi connectivity index (χ2n) is 11.5.